The molecular weight excluding hydrogens is 368 g/mol. The van der Waals surface area contributed by atoms with Crippen molar-refractivity contribution in [2.75, 3.05) is 19.4 Å². The van der Waals surface area contributed by atoms with Crippen LogP contribution in [-0.2, 0) is 19.6 Å². The van der Waals surface area contributed by atoms with E-state index in [1.807, 2.05) is 0 Å². The summed E-state index contributed by atoms with van der Waals surface area (Å²) in [6.45, 7) is 3.23. The third-order valence-electron chi connectivity index (χ3n) is 3.90. The van der Waals surface area contributed by atoms with Crippen LogP contribution < -0.4 is 5.32 Å². The smallest absolute Gasteiger partial charge is 0.339 e. The Hall–Kier alpha value is -2.71. The molecule has 2 rings (SSSR count). The molecule has 7 nitrogen and oxygen atoms in total. The lowest BCUT2D eigenvalue weighted by molar-refractivity contribution is -0.123. The number of benzene rings is 2. The van der Waals surface area contributed by atoms with Crippen LogP contribution in [0.25, 0.3) is 0 Å². The average molecular weight is 390 g/mol. The van der Waals surface area contributed by atoms with Crippen LogP contribution in [0, 0.1) is 6.92 Å². The fraction of sp³-hybridized carbons (Fsp3) is 0.263. The van der Waals surface area contributed by atoms with Crippen LogP contribution in [0.3, 0.4) is 0 Å². The zero-order chi connectivity index (χ0) is 20.2. The molecule has 27 heavy (non-hydrogen) atoms. The van der Waals surface area contributed by atoms with E-state index in [0.717, 1.165) is 9.87 Å². The molecule has 0 aliphatic rings. The molecule has 0 fully saturated rings. The van der Waals surface area contributed by atoms with Crippen LogP contribution in [0.15, 0.2) is 53.4 Å². The minimum Gasteiger partial charge on any atom is -0.449 e. The van der Waals surface area contributed by atoms with Crippen molar-refractivity contribution in [3.63, 3.8) is 0 Å². The highest BCUT2D eigenvalue weighted by Gasteiger charge is 2.21. The summed E-state index contributed by atoms with van der Waals surface area (Å²) < 4.78 is 30.7. The molecule has 144 valence electrons. The van der Waals surface area contributed by atoms with Crippen LogP contribution in [0.5, 0.6) is 0 Å². The number of hydrogen-bond acceptors (Lipinski definition) is 5. The van der Waals surface area contributed by atoms with Gasteiger partial charge in [-0.25, -0.2) is 17.5 Å². The number of nitrogens with one attached hydrogen (secondary N) is 1. The fourth-order valence-electron chi connectivity index (χ4n) is 2.27. The monoisotopic (exact) mass is 390 g/mol. The van der Waals surface area contributed by atoms with Gasteiger partial charge in [0.1, 0.15) is 0 Å². The SMILES string of the molecule is Cc1ccccc1C(=O)O[C@H](C)C(=O)Nc1cccc(S(=O)(=O)N(C)C)c1. The van der Waals surface area contributed by atoms with E-state index in [9.17, 15) is 18.0 Å². The van der Waals surface area contributed by atoms with Crippen molar-refractivity contribution < 1.29 is 22.7 Å². The number of carbonyl (C=O) groups excluding carboxylic acids is 2. The maximum atomic E-state index is 12.3. The van der Waals surface area contributed by atoms with Crippen molar-refractivity contribution in [2.45, 2.75) is 24.8 Å². The molecule has 0 spiro atoms. The maximum absolute atomic E-state index is 12.3. The molecule has 0 unspecified atom stereocenters. The molecule has 1 atom stereocenters. The van der Waals surface area contributed by atoms with Gasteiger partial charge in [-0.2, -0.15) is 0 Å². The molecule has 8 heteroatoms. The van der Waals surface area contributed by atoms with Crippen molar-refractivity contribution in [2.24, 2.45) is 0 Å². The topological polar surface area (TPSA) is 92.8 Å². The largest absolute Gasteiger partial charge is 0.449 e. The van der Waals surface area contributed by atoms with Gasteiger partial charge in [-0.05, 0) is 43.7 Å². The highest BCUT2D eigenvalue weighted by atomic mass is 32.2. The van der Waals surface area contributed by atoms with Gasteiger partial charge in [-0.15, -0.1) is 0 Å². The lowest BCUT2D eigenvalue weighted by atomic mass is 10.1. The standard InChI is InChI=1S/C19H22N2O5S/c1-13-8-5-6-11-17(13)19(23)26-14(2)18(22)20-15-9-7-10-16(12-15)27(24,25)21(3)4/h5-12,14H,1-4H3,(H,20,22)/t14-/m1/s1. The molecule has 0 bridgehead atoms. The highest BCUT2D eigenvalue weighted by molar-refractivity contribution is 7.89. The first-order chi connectivity index (χ1) is 12.6. The van der Waals surface area contributed by atoms with Gasteiger partial charge in [0.15, 0.2) is 6.10 Å². The summed E-state index contributed by atoms with van der Waals surface area (Å²) in [7, 11) is -0.770. The molecule has 1 amide bonds. The summed E-state index contributed by atoms with van der Waals surface area (Å²) in [5, 5.41) is 2.57. The molecule has 0 saturated heterocycles. The number of hydrogen-bond donors (Lipinski definition) is 1. The van der Waals surface area contributed by atoms with Crippen molar-refractivity contribution in [3.05, 3.63) is 59.7 Å². The zero-order valence-corrected chi connectivity index (χ0v) is 16.4. The van der Waals surface area contributed by atoms with Gasteiger partial charge in [0.05, 0.1) is 10.5 Å². The summed E-state index contributed by atoms with van der Waals surface area (Å²) in [6.07, 6.45) is -1.05. The van der Waals surface area contributed by atoms with Gasteiger partial charge in [0.25, 0.3) is 5.91 Å². The average Bonchev–Trinajstić information content (AvgIpc) is 2.62. The minimum atomic E-state index is -3.62. The Morgan fingerprint density at radius 2 is 1.74 bits per heavy atom. The van der Waals surface area contributed by atoms with E-state index in [-0.39, 0.29) is 4.90 Å². The summed E-state index contributed by atoms with van der Waals surface area (Å²) in [5.41, 5.74) is 1.43. The van der Waals surface area contributed by atoms with E-state index in [2.05, 4.69) is 5.32 Å². The van der Waals surface area contributed by atoms with E-state index in [1.54, 1.807) is 37.3 Å². The van der Waals surface area contributed by atoms with E-state index in [4.69, 9.17) is 4.74 Å². The Kier molecular flexibility index (Phi) is 6.35. The lowest BCUT2D eigenvalue weighted by Crippen LogP contribution is -2.30. The first kappa shape index (κ1) is 20.6. The number of nitrogens with zero attached hydrogens (tertiary/aromatic N) is 1. The molecule has 2 aromatic carbocycles. The maximum Gasteiger partial charge on any atom is 0.339 e. The quantitative estimate of drug-likeness (QED) is 0.765. The van der Waals surface area contributed by atoms with Crippen LogP contribution in [0.2, 0.25) is 0 Å². The van der Waals surface area contributed by atoms with Crippen LogP contribution in [0.4, 0.5) is 5.69 Å². The summed E-state index contributed by atoms with van der Waals surface area (Å²) >= 11 is 0. The van der Waals surface area contributed by atoms with Crippen LogP contribution in [0.1, 0.15) is 22.8 Å². The number of rotatable bonds is 6. The summed E-state index contributed by atoms with van der Waals surface area (Å²) in [4.78, 5) is 24.6. The van der Waals surface area contributed by atoms with Gasteiger partial charge < -0.3 is 10.1 Å². The molecule has 0 aliphatic heterocycles. The molecule has 0 radical (unpaired) electrons. The number of anilines is 1. The van der Waals surface area contributed by atoms with Crippen molar-refractivity contribution in [1.29, 1.82) is 0 Å². The number of amides is 1. The van der Waals surface area contributed by atoms with Crippen molar-refractivity contribution in [3.8, 4) is 0 Å². The lowest BCUT2D eigenvalue weighted by Gasteiger charge is -2.15. The fourth-order valence-corrected chi connectivity index (χ4v) is 3.22. The molecule has 0 aromatic heterocycles. The van der Waals surface area contributed by atoms with Gasteiger partial charge in [-0.1, -0.05) is 24.3 Å². The van der Waals surface area contributed by atoms with Crippen LogP contribution >= 0.6 is 0 Å². The van der Waals surface area contributed by atoms with E-state index < -0.39 is 28.0 Å². The summed E-state index contributed by atoms with van der Waals surface area (Å²) in [6, 6.07) is 12.8. The van der Waals surface area contributed by atoms with E-state index >= 15 is 0 Å². The van der Waals surface area contributed by atoms with E-state index in [0.29, 0.717) is 11.3 Å². The second-order valence-electron chi connectivity index (χ2n) is 6.17. The van der Waals surface area contributed by atoms with Crippen LogP contribution in [-0.4, -0.2) is 44.8 Å². The first-order valence-corrected chi connectivity index (χ1v) is 9.67. The third-order valence-corrected chi connectivity index (χ3v) is 5.71. The Bertz CT molecular complexity index is 954. The number of carbonyl (C=O) groups is 2. The normalized spacial score (nSPS) is 12.5. The summed E-state index contributed by atoms with van der Waals surface area (Å²) in [5.74, 6) is -1.16. The Labute approximate surface area is 159 Å². The zero-order valence-electron chi connectivity index (χ0n) is 15.6. The van der Waals surface area contributed by atoms with Gasteiger partial charge >= 0.3 is 5.97 Å². The predicted octanol–water partition coefficient (Wildman–Crippen LogP) is 2.43. The Balaban J connectivity index is 2.09. The second-order valence-corrected chi connectivity index (χ2v) is 8.32. The highest BCUT2D eigenvalue weighted by Crippen LogP contribution is 2.18. The Morgan fingerprint density at radius 1 is 1.07 bits per heavy atom. The second kappa shape index (κ2) is 8.32. The van der Waals surface area contributed by atoms with Gasteiger partial charge in [0.2, 0.25) is 10.0 Å². The number of ether oxygens (including phenoxy) is 1. The van der Waals surface area contributed by atoms with Gasteiger partial charge in [0, 0.05) is 19.8 Å². The van der Waals surface area contributed by atoms with Gasteiger partial charge in [-0.3, -0.25) is 4.79 Å². The third kappa shape index (κ3) is 4.93. The number of sulfonamides is 1. The molecular formula is C19H22N2O5S. The Morgan fingerprint density at radius 3 is 2.37 bits per heavy atom. The molecule has 0 heterocycles. The number of aryl methyl sites for hydroxylation is 1. The molecule has 0 saturated carbocycles. The predicted molar refractivity (Wildman–Crippen MR) is 102 cm³/mol. The first-order valence-electron chi connectivity index (χ1n) is 8.23. The van der Waals surface area contributed by atoms with E-state index in [1.165, 1.54) is 39.2 Å². The number of esters is 1. The minimum absolute atomic E-state index is 0.0508. The van der Waals surface area contributed by atoms with Crippen molar-refractivity contribution in [1.82, 2.24) is 4.31 Å². The molecule has 0 aliphatic carbocycles. The molecule has 2 aromatic rings. The van der Waals surface area contributed by atoms with Crippen molar-refractivity contribution >= 4 is 27.6 Å². The molecule has 1 N–H and O–H groups in total.